The second-order valence-corrected chi connectivity index (χ2v) is 6.26. The number of piperidine rings is 1. The monoisotopic (exact) mass is 328 g/mol. The number of nitrogens with one attached hydrogen (secondary N) is 1. The van der Waals surface area contributed by atoms with Gasteiger partial charge in [0.15, 0.2) is 0 Å². The van der Waals surface area contributed by atoms with Crippen LogP contribution in [0, 0.1) is 0 Å². The summed E-state index contributed by atoms with van der Waals surface area (Å²) < 4.78 is 4.98. The minimum absolute atomic E-state index is 0.0613. The molecule has 0 saturated carbocycles. The Labute approximate surface area is 142 Å². The average molecular weight is 328 g/mol. The maximum absolute atomic E-state index is 12.2. The highest BCUT2D eigenvalue weighted by Crippen LogP contribution is 2.14. The van der Waals surface area contributed by atoms with Crippen molar-refractivity contribution in [3.63, 3.8) is 0 Å². The molecule has 1 saturated heterocycles. The zero-order valence-corrected chi connectivity index (χ0v) is 13.8. The molecule has 3 rings (SSSR count). The van der Waals surface area contributed by atoms with E-state index in [1.54, 1.807) is 6.07 Å². The van der Waals surface area contributed by atoms with Gasteiger partial charge in [-0.3, -0.25) is 4.79 Å². The van der Waals surface area contributed by atoms with Crippen LogP contribution in [0.1, 0.15) is 34.3 Å². The van der Waals surface area contributed by atoms with E-state index in [0.717, 1.165) is 44.5 Å². The molecule has 5 nitrogen and oxygen atoms in total. The lowest BCUT2D eigenvalue weighted by atomic mass is 10.0. The predicted molar refractivity (Wildman–Crippen MR) is 91.7 cm³/mol. The number of aliphatic hydroxyl groups excluding tert-OH is 1. The number of carbonyl (C=O) groups excluding carboxylic acids is 1. The van der Waals surface area contributed by atoms with Crippen molar-refractivity contribution in [3.8, 4) is 0 Å². The number of likely N-dealkylation sites (tertiary alicyclic amines) is 1. The molecule has 0 aliphatic carbocycles. The lowest BCUT2D eigenvalue weighted by Gasteiger charge is -2.32. The maximum Gasteiger partial charge on any atom is 0.257 e. The Balaban J connectivity index is 1.38. The summed E-state index contributed by atoms with van der Waals surface area (Å²) in [6.07, 6.45) is 5.98. The van der Waals surface area contributed by atoms with Crippen LogP contribution in [-0.2, 0) is 13.0 Å². The molecule has 1 aliphatic rings. The van der Waals surface area contributed by atoms with E-state index in [9.17, 15) is 4.79 Å². The number of hydrogen-bond acceptors (Lipinski definition) is 4. The zero-order chi connectivity index (χ0) is 16.8. The van der Waals surface area contributed by atoms with Crippen LogP contribution in [-0.4, -0.2) is 41.6 Å². The number of aliphatic hydroxyl groups is 1. The number of benzene rings is 1. The molecule has 0 spiro atoms. The average Bonchev–Trinajstić information content (AvgIpc) is 3.17. The van der Waals surface area contributed by atoms with Crippen molar-refractivity contribution < 1.29 is 14.3 Å². The molecule has 0 atom stereocenters. The summed E-state index contributed by atoms with van der Waals surface area (Å²) in [4.78, 5) is 14.1. The van der Waals surface area contributed by atoms with Gasteiger partial charge in [0.1, 0.15) is 6.26 Å². The van der Waals surface area contributed by atoms with E-state index < -0.39 is 0 Å². The molecule has 1 aromatic carbocycles. The molecule has 24 heavy (non-hydrogen) atoms. The number of nitrogens with zero attached hydrogens (tertiary/aromatic N) is 1. The number of amides is 1. The largest absolute Gasteiger partial charge is 0.472 e. The van der Waals surface area contributed by atoms with E-state index >= 15 is 0 Å². The molecule has 2 N–H and O–H groups in total. The minimum atomic E-state index is 0.0613. The molecule has 1 aromatic heterocycles. The fourth-order valence-corrected chi connectivity index (χ4v) is 3.09. The summed E-state index contributed by atoms with van der Waals surface area (Å²) in [5.41, 5.74) is 2.85. The molecular formula is C19H24N2O3. The molecule has 1 fully saturated rings. The Hall–Kier alpha value is -2.11. The molecule has 1 aliphatic heterocycles. The molecule has 0 radical (unpaired) electrons. The fraction of sp³-hybridized carbons (Fsp3) is 0.421. The third-order valence-electron chi connectivity index (χ3n) is 4.60. The zero-order valence-electron chi connectivity index (χ0n) is 13.8. The van der Waals surface area contributed by atoms with E-state index in [4.69, 9.17) is 9.52 Å². The smallest absolute Gasteiger partial charge is 0.257 e. The van der Waals surface area contributed by atoms with E-state index in [2.05, 4.69) is 17.4 Å². The molecule has 2 heterocycles. The second kappa shape index (κ2) is 8.13. The van der Waals surface area contributed by atoms with Crippen molar-refractivity contribution >= 4 is 5.91 Å². The molecule has 2 aromatic rings. The minimum Gasteiger partial charge on any atom is -0.472 e. The molecule has 128 valence electrons. The molecule has 0 unspecified atom stereocenters. The second-order valence-electron chi connectivity index (χ2n) is 6.26. The van der Waals surface area contributed by atoms with Gasteiger partial charge in [-0.2, -0.15) is 0 Å². The predicted octanol–water partition coefficient (Wildman–Crippen LogP) is 2.21. The van der Waals surface area contributed by atoms with Crippen LogP contribution in [0.5, 0.6) is 0 Å². The Morgan fingerprint density at radius 3 is 2.50 bits per heavy atom. The first-order chi connectivity index (χ1) is 11.8. The highest BCUT2D eigenvalue weighted by Gasteiger charge is 2.23. The van der Waals surface area contributed by atoms with Crippen molar-refractivity contribution in [1.82, 2.24) is 10.2 Å². The van der Waals surface area contributed by atoms with Crippen LogP contribution in [0.2, 0.25) is 0 Å². The standard InChI is InChI=1S/C19H24N2O3/c22-13-16-3-1-15(2-4-16)5-9-20-18-6-10-21(11-7-18)19(23)17-8-12-24-14-17/h1-4,8,12,14,18,20,22H,5-7,9-11,13H2. The quantitative estimate of drug-likeness (QED) is 0.853. The van der Waals surface area contributed by atoms with Gasteiger partial charge in [-0.05, 0) is 43.0 Å². The summed E-state index contributed by atoms with van der Waals surface area (Å²) in [5.74, 6) is 0.0613. The first kappa shape index (κ1) is 16.7. The van der Waals surface area contributed by atoms with Gasteiger partial charge >= 0.3 is 0 Å². The summed E-state index contributed by atoms with van der Waals surface area (Å²) in [7, 11) is 0. The number of furan rings is 1. The van der Waals surface area contributed by atoms with Crippen LogP contribution in [0.15, 0.2) is 47.3 Å². The third kappa shape index (κ3) is 4.24. The Bertz CT molecular complexity index is 629. The van der Waals surface area contributed by atoms with E-state index in [0.29, 0.717) is 11.6 Å². The van der Waals surface area contributed by atoms with E-state index in [1.165, 1.54) is 18.1 Å². The van der Waals surface area contributed by atoms with Gasteiger partial charge < -0.3 is 19.7 Å². The van der Waals surface area contributed by atoms with Crippen LogP contribution < -0.4 is 5.32 Å². The van der Waals surface area contributed by atoms with Crippen LogP contribution in [0.4, 0.5) is 0 Å². The molecule has 1 amide bonds. The topological polar surface area (TPSA) is 65.7 Å². The third-order valence-corrected chi connectivity index (χ3v) is 4.60. The van der Waals surface area contributed by atoms with Gasteiger partial charge in [0.05, 0.1) is 18.4 Å². The van der Waals surface area contributed by atoms with Gasteiger partial charge in [-0.15, -0.1) is 0 Å². The van der Waals surface area contributed by atoms with Gasteiger partial charge in [0, 0.05) is 19.1 Å². The molecular weight excluding hydrogens is 304 g/mol. The van der Waals surface area contributed by atoms with Crippen molar-refractivity contribution in [2.24, 2.45) is 0 Å². The van der Waals surface area contributed by atoms with Gasteiger partial charge in [0.25, 0.3) is 5.91 Å². The Morgan fingerprint density at radius 1 is 1.17 bits per heavy atom. The lowest BCUT2D eigenvalue weighted by Crippen LogP contribution is -2.45. The first-order valence-electron chi connectivity index (χ1n) is 8.50. The van der Waals surface area contributed by atoms with Crippen molar-refractivity contribution in [1.29, 1.82) is 0 Å². The number of carbonyl (C=O) groups is 1. The SMILES string of the molecule is O=C(c1ccoc1)N1CCC(NCCc2ccc(CO)cc2)CC1. The Kier molecular flexibility index (Phi) is 5.67. The highest BCUT2D eigenvalue weighted by molar-refractivity contribution is 5.93. The first-order valence-corrected chi connectivity index (χ1v) is 8.50. The van der Waals surface area contributed by atoms with Crippen LogP contribution in [0.3, 0.4) is 0 Å². The van der Waals surface area contributed by atoms with Crippen molar-refractivity contribution in [3.05, 3.63) is 59.5 Å². The van der Waals surface area contributed by atoms with Crippen molar-refractivity contribution in [2.75, 3.05) is 19.6 Å². The lowest BCUT2D eigenvalue weighted by molar-refractivity contribution is 0.0705. The van der Waals surface area contributed by atoms with Crippen LogP contribution in [0.25, 0.3) is 0 Å². The van der Waals surface area contributed by atoms with E-state index in [-0.39, 0.29) is 12.5 Å². The normalized spacial score (nSPS) is 15.6. The maximum atomic E-state index is 12.2. The van der Waals surface area contributed by atoms with Gasteiger partial charge in [-0.25, -0.2) is 0 Å². The number of rotatable bonds is 6. The summed E-state index contributed by atoms with van der Waals surface area (Å²) >= 11 is 0. The fourth-order valence-electron chi connectivity index (χ4n) is 3.09. The van der Waals surface area contributed by atoms with E-state index in [1.807, 2.05) is 17.0 Å². The highest BCUT2D eigenvalue weighted by atomic mass is 16.3. The van der Waals surface area contributed by atoms with Crippen molar-refractivity contribution in [2.45, 2.75) is 31.9 Å². The van der Waals surface area contributed by atoms with Crippen LogP contribution >= 0.6 is 0 Å². The molecule has 5 heteroatoms. The van der Waals surface area contributed by atoms with Gasteiger partial charge in [-0.1, -0.05) is 24.3 Å². The summed E-state index contributed by atoms with van der Waals surface area (Å²) in [5, 5.41) is 12.6. The van der Waals surface area contributed by atoms with Gasteiger partial charge in [0.2, 0.25) is 0 Å². The Morgan fingerprint density at radius 2 is 1.88 bits per heavy atom. The summed E-state index contributed by atoms with van der Waals surface area (Å²) in [6.45, 7) is 2.59. The number of hydrogen-bond donors (Lipinski definition) is 2. The summed E-state index contributed by atoms with van der Waals surface area (Å²) in [6, 6.07) is 10.3. The molecule has 0 bridgehead atoms.